The largest absolute Gasteiger partial charge is 0.497 e. The highest BCUT2D eigenvalue weighted by Gasteiger charge is 2.24. The Kier molecular flexibility index (Phi) is 5.41. The Labute approximate surface area is 147 Å². The lowest BCUT2D eigenvalue weighted by Gasteiger charge is -2.25. The molecule has 6 heteroatoms. The van der Waals surface area contributed by atoms with E-state index in [9.17, 15) is 0 Å². The third-order valence-corrected chi connectivity index (χ3v) is 5.36. The quantitative estimate of drug-likeness (QED) is 0.751. The first-order valence-corrected chi connectivity index (χ1v) is 9.26. The van der Waals surface area contributed by atoms with Crippen LogP contribution >= 0.6 is 11.8 Å². The van der Waals surface area contributed by atoms with E-state index in [0.29, 0.717) is 6.04 Å². The van der Waals surface area contributed by atoms with Gasteiger partial charge in [0.25, 0.3) is 0 Å². The maximum absolute atomic E-state index is 9.14. The molecule has 0 radical (unpaired) electrons. The summed E-state index contributed by atoms with van der Waals surface area (Å²) in [7, 11) is 1.66. The van der Waals surface area contributed by atoms with Crippen molar-refractivity contribution in [2.75, 3.05) is 7.11 Å². The van der Waals surface area contributed by atoms with Gasteiger partial charge in [0.15, 0.2) is 11.0 Å². The summed E-state index contributed by atoms with van der Waals surface area (Å²) < 4.78 is 7.49. The second kappa shape index (κ2) is 7.71. The predicted octanol–water partition coefficient (Wildman–Crippen LogP) is 4.46. The Morgan fingerprint density at radius 2 is 1.92 bits per heavy atom. The second-order valence-corrected chi connectivity index (χ2v) is 7.39. The molecule has 2 aromatic rings. The molecule has 126 valence electrons. The molecule has 5 nitrogen and oxygen atoms in total. The van der Waals surface area contributed by atoms with Crippen LogP contribution in [0, 0.1) is 11.3 Å². The van der Waals surface area contributed by atoms with Gasteiger partial charge in [-0.25, -0.2) is 0 Å². The third-order valence-electron chi connectivity index (χ3n) is 4.42. The summed E-state index contributed by atoms with van der Waals surface area (Å²) in [5, 5.41) is 18.7. The van der Waals surface area contributed by atoms with Gasteiger partial charge in [-0.1, -0.05) is 31.0 Å². The highest BCUT2D eigenvalue weighted by Crippen LogP contribution is 2.36. The fraction of sp³-hybridized carbons (Fsp3) is 0.500. The van der Waals surface area contributed by atoms with E-state index in [1.165, 1.54) is 31.0 Å². The molecule has 1 aliphatic carbocycles. The minimum absolute atomic E-state index is 0.139. The van der Waals surface area contributed by atoms with Crippen molar-refractivity contribution in [1.82, 2.24) is 14.8 Å². The number of hydrogen-bond acceptors (Lipinski definition) is 5. The number of benzene rings is 1. The molecule has 24 heavy (non-hydrogen) atoms. The topological polar surface area (TPSA) is 63.7 Å². The molecular formula is C18H22N4OS. The van der Waals surface area contributed by atoms with Crippen molar-refractivity contribution < 1.29 is 4.74 Å². The zero-order chi connectivity index (χ0) is 16.9. The molecule has 0 N–H and O–H groups in total. The highest BCUT2D eigenvalue weighted by atomic mass is 32.2. The van der Waals surface area contributed by atoms with E-state index in [2.05, 4.69) is 20.8 Å². The van der Waals surface area contributed by atoms with E-state index in [1.807, 2.05) is 31.2 Å². The van der Waals surface area contributed by atoms with Crippen LogP contribution < -0.4 is 4.74 Å². The van der Waals surface area contributed by atoms with Gasteiger partial charge < -0.3 is 4.74 Å². The minimum atomic E-state index is -0.139. The van der Waals surface area contributed by atoms with Crippen molar-refractivity contribution in [3.05, 3.63) is 24.3 Å². The summed E-state index contributed by atoms with van der Waals surface area (Å²) in [6.45, 7) is 1.90. The molecule has 0 unspecified atom stereocenters. The molecule has 0 amide bonds. The molecule has 1 fully saturated rings. The minimum Gasteiger partial charge on any atom is -0.497 e. The predicted molar refractivity (Wildman–Crippen MR) is 95.1 cm³/mol. The maximum Gasteiger partial charge on any atom is 0.193 e. The molecule has 3 rings (SSSR count). The molecule has 0 saturated heterocycles. The van der Waals surface area contributed by atoms with Crippen molar-refractivity contribution in [3.8, 4) is 23.2 Å². The summed E-state index contributed by atoms with van der Waals surface area (Å²) in [5.41, 5.74) is 1.03. The molecule has 0 spiro atoms. The Balaban J connectivity index is 1.99. The first kappa shape index (κ1) is 16.8. The van der Waals surface area contributed by atoms with Crippen LogP contribution in [0.25, 0.3) is 11.4 Å². The lowest BCUT2D eigenvalue weighted by Crippen LogP contribution is -2.15. The van der Waals surface area contributed by atoms with Gasteiger partial charge in [-0.2, -0.15) is 5.26 Å². The number of nitriles is 1. The van der Waals surface area contributed by atoms with Crippen LogP contribution in [0.5, 0.6) is 5.75 Å². The number of methoxy groups -OCH3 is 1. The maximum atomic E-state index is 9.14. The molecule has 1 aromatic carbocycles. The third kappa shape index (κ3) is 3.57. The second-order valence-electron chi connectivity index (χ2n) is 6.09. The van der Waals surface area contributed by atoms with E-state index in [4.69, 9.17) is 10.00 Å². The van der Waals surface area contributed by atoms with Gasteiger partial charge in [-0.05, 0) is 44.0 Å². The highest BCUT2D eigenvalue weighted by molar-refractivity contribution is 8.00. The summed E-state index contributed by atoms with van der Waals surface area (Å²) >= 11 is 1.49. The van der Waals surface area contributed by atoms with E-state index >= 15 is 0 Å². The zero-order valence-electron chi connectivity index (χ0n) is 14.1. The van der Waals surface area contributed by atoms with Crippen molar-refractivity contribution in [3.63, 3.8) is 0 Å². The Morgan fingerprint density at radius 1 is 1.21 bits per heavy atom. The van der Waals surface area contributed by atoms with Crippen LogP contribution in [-0.2, 0) is 0 Å². The number of rotatable bonds is 5. The number of ether oxygens (including phenoxy) is 1. The Morgan fingerprint density at radius 3 is 2.54 bits per heavy atom. The van der Waals surface area contributed by atoms with Gasteiger partial charge >= 0.3 is 0 Å². The fourth-order valence-corrected chi connectivity index (χ4v) is 3.95. The van der Waals surface area contributed by atoms with Gasteiger partial charge in [0.1, 0.15) is 5.75 Å². The fourth-order valence-electron chi connectivity index (χ4n) is 3.15. The van der Waals surface area contributed by atoms with Crippen molar-refractivity contribution in [2.24, 2.45) is 0 Å². The summed E-state index contributed by atoms with van der Waals surface area (Å²) in [6, 6.07) is 10.6. The average Bonchev–Trinajstić information content (AvgIpc) is 3.05. The van der Waals surface area contributed by atoms with Crippen molar-refractivity contribution >= 4 is 11.8 Å². The SMILES string of the molecule is COc1ccc(-c2nnc(S[C@@H](C)C#N)n2C2CCCCC2)cc1. The summed E-state index contributed by atoms with van der Waals surface area (Å²) in [6.07, 6.45) is 6.07. The van der Waals surface area contributed by atoms with Crippen LogP contribution in [0.15, 0.2) is 29.4 Å². The summed E-state index contributed by atoms with van der Waals surface area (Å²) in [5.74, 6) is 1.72. The molecule has 1 atom stereocenters. The Bertz CT molecular complexity index is 714. The van der Waals surface area contributed by atoms with E-state index in [0.717, 1.165) is 35.1 Å². The van der Waals surface area contributed by atoms with Gasteiger partial charge in [0, 0.05) is 11.6 Å². The first-order chi connectivity index (χ1) is 11.7. The monoisotopic (exact) mass is 342 g/mol. The summed E-state index contributed by atoms with van der Waals surface area (Å²) in [4.78, 5) is 0. The lowest BCUT2D eigenvalue weighted by atomic mass is 9.95. The first-order valence-electron chi connectivity index (χ1n) is 8.38. The van der Waals surface area contributed by atoms with Crippen molar-refractivity contribution in [2.45, 2.75) is 55.5 Å². The van der Waals surface area contributed by atoms with E-state index in [-0.39, 0.29) is 5.25 Å². The van der Waals surface area contributed by atoms with Gasteiger partial charge in [0.05, 0.1) is 18.4 Å². The molecule has 1 aromatic heterocycles. The molecule has 1 saturated carbocycles. The van der Waals surface area contributed by atoms with Crippen LogP contribution in [0.3, 0.4) is 0 Å². The molecule has 0 bridgehead atoms. The van der Waals surface area contributed by atoms with Gasteiger partial charge in [0.2, 0.25) is 0 Å². The number of thioether (sulfide) groups is 1. The molecule has 1 heterocycles. The lowest BCUT2D eigenvalue weighted by molar-refractivity contribution is 0.339. The number of nitrogens with zero attached hydrogens (tertiary/aromatic N) is 4. The van der Waals surface area contributed by atoms with Crippen LogP contribution in [0.2, 0.25) is 0 Å². The van der Waals surface area contributed by atoms with Crippen LogP contribution in [0.4, 0.5) is 0 Å². The van der Waals surface area contributed by atoms with Crippen LogP contribution in [0.1, 0.15) is 45.1 Å². The van der Waals surface area contributed by atoms with Gasteiger partial charge in [-0.15, -0.1) is 10.2 Å². The van der Waals surface area contributed by atoms with Crippen molar-refractivity contribution in [1.29, 1.82) is 5.26 Å². The standard InChI is InChI=1S/C18H22N4OS/c1-13(12-19)24-18-21-20-17(14-8-10-16(23-2)11-9-14)22(18)15-6-4-3-5-7-15/h8-11,13,15H,3-7H2,1-2H3/t13-/m0/s1. The molecule has 0 aliphatic heterocycles. The zero-order valence-corrected chi connectivity index (χ0v) is 14.9. The molecule has 1 aliphatic rings. The van der Waals surface area contributed by atoms with E-state index in [1.54, 1.807) is 7.11 Å². The molecular weight excluding hydrogens is 320 g/mol. The van der Waals surface area contributed by atoms with Crippen LogP contribution in [-0.4, -0.2) is 27.1 Å². The van der Waals surface area contributed by atoms with E-state index < -0.39 is 0 Å². The van der Waals surface area contributed by atoms with Gasteiger partial charge in [-0.3, -0.25) is 4.57 Å². The Hall–Kier alpha value is -2.00. The normalized spacial score (nSPS) is 16.5. The average molecular weight is 342 g/mol. The number of hydrogen-bond donors (Lipinski definition) is 0. The number of aromatic nitrogens is 3. The smallest absolute Gasteiger partial charge is 0.193 e.